The zero-order valence-electron chi connectivity index (χ0n) is 13.5. The predicted octanol–water partition coefficient (Wildman–Crippen LogP) is 4.15. The number of nitrogens with one attached hydrogen (secondary N) is 1. The molecule has 1 unspecified atom stereocenters. The highest BCUT2D eigenvalue weighted by molar-refractivity contribution is 7.86. The molecule has 1 aromatic heterocycles. The molecule has 132 valence electrons. The number of aromatic nitrogens is 2. The molecule has 1 atom stereocenters. The molecule has 8 heteroatoms. The zero-order valence-corrected chi connectivity index (χ0v) is 15.9. The third-order valence-corrected chi connectivity index (χ3v) is 6.14. The van der Waals surface area contributed by atoms with E-state index in [1.165, 1.54) is 6.08 Å². The number of hydrogen-bond donors (Lipinski definition) is 1. The maximum Gasteiger partial charge on any atom is 0.250 e. The van der Waals surface area contributed by atoms with Crippen LogP contribution in [0, 0.1) is 0 Å². The van der Waals surface area contributed by atoms with Gasteiger partial charge in [-0.15, -0.1) is 10.2 Å². The van der Waals surface area contributed by atoms with Crippen molar-refractivity contribution in [2.24, 2.45) is 0 Å². The van der Waals surface area contributed by atoms with Crippen molar-refractivity contribution in [3.05, 3.63) is 76.8 Å². The minimum atomic E-state index is -1.31. The first-order valence-corrected chi connectivity index (χ1v) is 10.1. The molecule has 2 aromatic carbocycles. The van der Waals surface area contributed by atoms with Gasteiger partial charge in [-0.2, -0.15) is 0 Å². The van der Waals surface area contributed by atoms with Crippen LogP contribution in [0.3, 0.4) is 0 Å². The molecule has 1 amide bonds. The number of anilines is 1. The number of halogens is 1. The average Bonchev–Trinajstić information content (AvgIpc) is 3.10. The van der Waals surface area contributed by atoms with Crippen LogP contribution in [0.2, 0.25) is 5.02 Å². The van der Waals surface area contributed by atoms with E-state index in [4.69, 9.17) is 11.6 Å². The fourth-order valence-electron chi connectivity index (χ4n) is 2.06. The van der Waals surface area contributed by atoms with Crippen LogP contribution >= 0.6 is 22.9 Å². The van der Waals surface area contributed by atoms with Crippen molar-refractivity contribution in [2.45, 2.75) is 10.1 Å². The van der Waals surface area contributed by atoms with Crippen molar-refractivity contribution >= 4 is 50.9 Å². The Morgan fingerprint density at radius 3 is 2.62 bits per heavy atom. The lowest BCUT2D eigenvalue weighted by atomic mass is 10.2. The van der Waals surface area contributed by atoms with Crippen molar-refractivity contribution in [1.29, 1.82) is 0 Å². The number of benzene rings is 2. The fourth-order valence-corrected chi connectivity index (χ4v) is 4.28. The number of amides is 1. The second kappa shape index (κ2) is 8.84. The highest BCUT2D eigenvalue weighted by Crippen LogP contribution is 2.21. The van der Waals surface area contributed by atoms with E-state index in [-0.39, 0.29) is 5.91 Å². The van der Waals surface area contributed by atoms with Crippen LogP contribution < -0.4 is 5.32 Å². The van der Waals surface area contributed by atoms with E-state index in [9.17, 15) is 9.00 Å². The van der Waals surface area contributed by atoms with Crippen LogP contribution in [0.25, 0.3) is 6.08 Å². The molecule has 5 nitrogen and oxygen atoms in total. The summed E-state index contributed by atoms with van der Waals surface area (Å²) in [7, 11) is -1.31. The van der Waals surface area contributed by atoms with E-state index in [0.717, 1.165) is 22.5 Å². The van der Waals surface area contributed by atoms with Gasteiger partial charge in [0.2, 0.25) is 15.4 Å². The quantitative estimate of drug-likeness (QED) is 0.495. The molecule has 0 radical (unpaired) electrons. The number of carbonyl (C=O) groups excluding carboxylic acids is 1. The molecule has 1 N–H and O–H groups in total. The number of carbonyl (C=O) groups is 1. The molecule has 0 bridgehead atoms. The maximum absolute atomic E-state index is 12.3. The van der Waals surface area contributed by atoms with Crippen molar-refractivity contribution < 1.29 is 9.00 Å². The van der Waals surface area contributed by atoms with Crippen LogP contribution in [0.1, 0.15) is 11.1 Å². The van der Waals surface area contributed by atoms with E-state index in [1.54, 1.807) is 12.1 Å². The SMILES string of the molecule is O=C(C=Cc1ccccc1Cl)Nc1nnc(S(=O)Cc2ccccc2)s1. The van der Waals surface area contributed by atoms with E-state index >= 15 is 0 Å². The third-order valence-electron chi connectivity index (χ3n) is 3.29. The van der Waals surface area contributed by atoms with Crippen LogP contribution in [0.5, 0.6) is 0 Å². The van der Waals surface area contributed by atoms with Crippen LogP contribution in [0.15, 0.2) is 65.0 Å². The summed E-state index contributed by atoms with van der Waals surface area (Å²) in [5.74, 6) is -0.00278. The Morgan fingerprint density at radius 1 is 1.12 bits per heavy atom. The number of hydrogen-bond acceptors (Lipinski definition) is 5. The number of rotatable bonds is 6. The molecule has 0 aliphatic rings. The van der Waals surface area contributed by atoms with Crippen molar-refractivity contribution in [3.8, 4) is 0 Å². The van der Waals surface area contributed by atoms with Crippen LogP contribution in [-0.2, 0) is 21.3 Å². The molecule has 0 saturated heterocycles. The van der Waals surface area contributed by atoms with Crippen LogP contribution in [0.4, 0.5) is 5.13 Å². The minimum absolute atomic E-state index is 0.301. The van der Waals surface area contributed by atoms with Gasteiger partial charge in [0.1, 0.15) is 0 Å². The van der Waals surface area contributed by atoms with Crippen LogP contribution in [-0.4, -0.2) is 20.3 Å². The summed E-state index contributed by atoms with van der Waals surface area (Å²) in [6, 6.07) is 16.7. The van der Waals surface area contributed by atoms with E-state index in [1.807, 2.05) is 48.5 Å². The first kappa shape index (κ1) is 18.4. The van der Waals surface area contributed by atoms with E-state index in [0.29, 0.717) is 20.2 Å². The Kier molecular flexibility index (Phi) is 6.27. The third kappa shape index (κ3) is 5.08. The first-order valence-electron chi connectivity index (χ1n) is 7.61. The minimum Gasteiger partial charge on any atom is -0.297 e. The Labute approximate surface area is 162 Å². The van der Waals surface area contributed by atoms with Gasteiger partial charge < -0.3 is 0 Å². The summed E-state index contributed by atoms with van der Waals surface area (Å²) >= 11 is 7.13. The molecule has 0 saturated carbocycles. The van der Waals surface area contributed by atoms with Gasteiger partial charge in [0.05, 0.1) is 16.6 Å². The lowest BCUT2D eigenvalue weighted by Crippen LogP contribution is -2.07. The Hall–Kier alpha value is -2.35. The van der Waals surface area contributed by atoms with Crippen molar-refractivity contribution in [1.82, 2.24) is 10.2 Å². The van der Waals surface area contributed by atoms with Gasteiger partial charge in [0.25, 0.3) is 0 Å². The van der Waals surface area contributed by atoms with Gasteiger partial charge in [0.15, 0.2) is 0 Å². The average molecular weight is 404 g/mol. The molecule has 3 rings (SSSR count). The standard InChI is InChI=1S/C18H14ClN3O2S2/c19-15-9-5-4-8-14(15)10-11-16(23)20-17-21-22-18(25-17)26(24)12-13-6-2-1-3-7-13/h1-11H,12H2,(H,20,21,23). The largest absolute Gasteiger partial charge is 0.297 e. The monoisotopic (exact) mass is 403 g/mol. The molecule has 26 heavy (non-hydrogen) atoms. The smallest absolute Gasteiger partial charge is 0.250 e. The number of nitrogens with zero attached hydrogens (tertiary/aromatic N) is 2. The summed E-state index contributed by atoms with van der Waals surface area (Å²) in [4.78, 5) is 12.0. The van der Waals surface area contributed by atoms with Gasteiger partial charge in [-0.05, 0) is 23.3 Å². The fraction of sp³-hybridized carbons (Fsp3) is 0.0556. The highest BCUT2D eigenvalue weighted by atomic mass is 35.5. The summed E-state index contributed by atoms with van der Waals surface area (Å²) < 4.78 is 12.7. The lowest BCUT2D eigenvalue weighted by Gasteiger charge is -1.98. The summed E-state index contributed by atoms with van der Waals surface area (Å²) in [6.45, 7) is 0. The molecule has 0 spiro atoms. The molecular formula is C18H14ClN3O2S2. The molecule has 0 aliphatic carbocycles. The van der Waals surface area contributed by atoms with E-state index < -0.39 is 10.8 Å². The Balaban J connectivity index is 1.60. The van der Waals surface area contributed by atoms with Gasteiger partial charge in [-0.1, -0.05) is 71.5 Å². The predicted molar refractivity (Wildman–Crippen MR) is 106 cm³/mol. The van der Waals surface area contributed by atoms with Gasteiger partial charge in [-0.25, -0.2) is 0 Å². The summed E-state index contributed by atoms with van der Waals surface area (Å²) in [5, 5.41) is 11.3. The summed E-state index contributed by atoms with van der Waals surface area (Å²) in [5.41, 5.74) is 1.69. The molecular weight excluding hydrogens is 390 g/mol. The summed E-state index contributed by atoms with van der Waals surface area (Å²) in [6.07, 6.45) is 2.98. The molecule has 0 aliphatic heterocycles. The maximum atomic E-state index is 12.3. The van der Waals surface area contributed by atoms with E-state index in [2.05, 4.69) is 15.5 Å². The Morgan fingerprint density at radius 2 is 1.85 bits per heavy atom. The second-order valence-corrected chi connectivity index (χ2v) is 8.20. The topological polar surface area (TPSA) is 72.0 Å². The van der Waals surface area contributed by atoms with Gasteiger partial charge in [0, 0.05) is 11.1 Å². The zero-order chi connectivity index (χ0) is 18.4. The van der Waals surface area contributed by atoms with Gasteiger partial charge >= 0.3 is 0 Å². The molecule has 1 heterocycles. The first-order chi connectivity index (χ1) is 12.6. The molecule has 3 aromatic rings. The normalized spacial score (nSPS) is 12.2. The Bertz CT molecular complexity index is 958. The lowest BCUT2D eigenvalue weighted by molar-refractivity contribution is -0.111. The van der Waals surface area contributed by atoms with Gasteiger partial charge in [-0.3, -0.25) is 14.3 Å². The van der Waals surface area contributed by atoms with Crippen molar-refractivity contribution in [3.63, 3.8) is 0 Å². The highest BCUT2D eigenvalue weighted by Gasteiger charge is 2.13. The van der Waals surface area contributed by atoms with Crippen molar-refractivity contribution in [2.75, 3.05) is 5.32 Å². The molecule has 0 fully saturated rings. The second-order valence-electron chi connectivity index (χ2n) is 5.19.